The molecule has 4 heteroatoms. The van der Waals surface area contributed by atoms with Gasteiger partial charge in [0.15, 0.2) is 0 Å². The minimum Gasteiger partial charge on any atom is -0.489 e. The van der Waals surface area contributed by atoms with Gasteiger partial charge in [-0.3, -0.25) is 0 Å². The van der Waals surface area contributed by atoms with Crippen molar-refractivity contribution in [1.29, 1.82) is 0 Å². The zero-order valence-electron chi connectivity index (χ0n) is 11.8. The highest BCUT2D eigenvalue weighted by Crippen LogP contribution is 2.33. The summed E-state index contributed by atoms with van der Waals surface area (Å²) in [6.45, 7) is 7.97. The molecule has 0 spiro atoms. The number of aryl methyl sites for hydroxylation is 1. The van der Waals surface area contributed by atoms with Crippen molar-refractivity contribution in [3.05, 3.63) is 29.3 Å². The molecule has 0 aromatic heterocycles. The van der Waals surface area contributed by atoms with Crippen LogP contribution < -0.4 is 10.5 Å². The highest BCUT2D eigenvalue weighted by atomic mass is 32.1. The number of hydrogen-bond acceptors (Lipinski definition) is 4. The Balaban J connectivity index is 2.34. The molecule has 0 saturated heterocycles. The summed E-state index contributed by atoms with van der Waals surface area (Å²) >= 11 is 4.37. The lowest BCUT2D eigenvalue weighted by Gasteiger charge is -2.23. The molecule has 2 N–H and O–H groups in total. The summed E-state index contributed by atoms with van der Waals surface area (Å²) in [5.41, 5.74) is 10.5. The zero-order valence-corrected chi connectivity index (χ0v) is 12.7. The molecule has 1 aromatic carbocycles. The molecule has 0 fully saturated rings. The number of nitrogens with zero attached hydrogens (tertiary/aromatic N) is 1. The number of ether oxygens (including phenoxy) is 1. The molecule has 19 heavy (non-hydrogen) atoms. The van der Waals surface area contributed by atoms with Gasteiger partial charge in [0.05, 0.1) is 11.8 Å². The first-order valence-corrected chi connectivity index (χ1v) is 7.07. The summed E-state index contributed by atoms with van der Waals surface area (Å²) in [5.74, 6) is 0.782. The molecule has 0 aliphatic carbocycles. The third kappa shape index (κ3) is 3.45. The number of benzene rings is 1. The number of nitrogens with two attached hydrogens (primary N) is 1. The summed E-state index contributed by atoms with van der Waals surface area (Å²) in [4.78, 5) is 0. The Morgan fingerprint density at radius 3 is 2.68 bits per heavy atom. The first kappa shape index (κ1) is 14.3. The van der Waals surface area contributed by atoms with Gasteiger partial charge in [0.2, 0.25) is 0 Å². The van der Waals surface area contributed by atoms with Gasteiger partial charge in [0.1, 0.15) is 5.75 Å². The minimum absolute atomic E-state index is 0.131. The normalized spacial score (nSPS) is 16.6. The maximum atomic E-state index is 6.03. The Bertz CT molecular complexity index is 497. The van der Waals surface area contributed by atoms with Crippen molar-refractivity contribution in [3.63, 3.8) is 0 Å². The van der Waals surface area contributed by atoms with Gasteiger partial charge in [0, 0.05) is 13.1 Å². The van der Waals surface area contributed by atoms with E-state index in [1.165, 1.54) is 16.7 Å². The summed E-state index contributed by atoms with van der Waals surface area (Å²) < 4.78 is 7.79. The molecule has 0 radical (unpaired) electrons. The van der Waals surface area contributed by atoms with Gasteiger partial charge in [-0.2, -0.15) is 0 Å². The van der Waals surface area contributed by atoms with E-state index in [1.54, 1.807) is 0 Å². The van der Waals surface area contributed by atoms with Crippen LogP contribution in [0.25, 0.3) is 5.57 Å². The first-order chi connectivity index (χ1) is 8.97. The van der Waals surface area contributed by atoms with Gasteiger partial charge in [-0.1, -0.05) is 18.9 Å². The van der Waals surface area contributed by atoms with Crippen molar-refractivity contribution in [1.82, 2.24) is 4.31 Å². The van der Waals surface area contributed by atoms with Gasteiger partial charge in [-0.15, -0.1) is 0 Å². The molecular formula is C15H22N2OS. The maximum absolute atomic E-state index is 6.03. The standard InChI is InChI=1S/C15H22N2OS/c1-10(2)18-15-9-13(11(3)8-14(15)16)12-4-6-17(19)7-5-12/h4,8-10,19H,5-7,16H2,1-3H3. The van der Waals surface area contributed by atoms with Crippen LogP contribution in [0.4, 0.5) is 5.69 Å². The largest absolute Gasteiger partial charge is 0.489 e. The van der Waals surface area contributed by atoms with Crippen LogP contribution in [0.2, 0.25) is 0 Å². The molecule has 1 aromatic rings. The van der Waals surface area contributed by atoms with Crippen LogP contribution in [-0.2, 0) is 0 Å². The quantitative estimate of drug-likeness (QED) is 0.658. The van der Waals surface area contributed by atoms with Crippen LogP contribution in [0.3, 0.4) is 0 Å². The van der Waals surface area contributed by atoms with E-state index >= 15 is 0 Å². The molecule has 0 bridgehead atoms. The highest BCUT2D eigenvalue weighted by Gasteiger charge is 2.15. The summed E-state index contributed by atoms with van der Waals surface area (Å²) in [6.07, 6.45) is 3.37. The van der Waals surface area contributed by atoms with Crippen molar-refractivity contribution in [2.45, 2.75) is 33.3 Å². The zero-order chi connectivity index (χ0) is 14.0. The van der Waals surface area contributed by atoms with Crippen LogP contribution in [-0.4, -0.2) is 23.5 Å². The predicted molar refractivity (Wildman–Crippen MR) is 84.5 cm³/mol. The van der Waals surface area contributed by atoms with Gasteiger partial charge >= 0.3 is 0 Å². The molecule has 1 aliphatic rings. The Morgan fingerprint density at radius 1 is 1.37 bits per heavy atom. The first-order valence-electron chi connectivity index (χ1n) is 6.67. The summed E-state index contributed by atoms with van der Waals surface area (Å²) in [7, 11) is 0. The van der Waals surface area contributed by atoms with Crippen molar-refractivity contribution in [2.75, 3.05) is 18.8 Å². The molecule has 1 heterocycles. The van der Waals surface area contributed by atoms with Crippen LogP contribution in [0.1, 0.15) is 31.4 Å². The summed E-state index contributed by atoms with van der Waals surface area (Å²) in [6, 6.07) is 4.08. The smallest absolute Gasteiger partial charge is 0.143 e. The lowest BCUT2D eigenvalue weighted by Crippen LogP contribution is -2.19. The van der Waals surface area contributed by atoms with Gasteiger partial charge < -0.3 is 10.5 Å². The van der Waals surface area contributed by atoms with E-state index in [-0.39, 0.29) is 6.10 Å². The third-order valence-corrected chi connectivity index (χ3v) is 3.62. The van der Waals surface area contributed by atoms with Crippen LogP contribution >= 0.6 is 12.8 Å². The van der Waals surface area contributed by atoms with Gasteiger partial charge in [-0.05, 0) is 56.0 Å². The van der Waals surface area contributed by atoms with Crippen molar-refractivity contribution >= 4 is 24.1 Å². The van der Waals surface area contributed by atoms with E-state index in [0.717, 1.165) is 25.3 Å². The van der Waals surface area contributed by atoms with E-state index in [2.05, 4.69) is 31.9 Å². The number of anilines is 1. The van der Waals surface area contributed by atoms with Crippen molar-refractivity contribution in [2.24, 2.45) is 0 Å². The van der Waals surface area contributed by atoms with Crippen molar-refractivity contribution < 1.29 is 4.74 Å². The highest BCUT2D eigenvalue weighted by molar-refractivity contribution is 7.77. The summed E-state index contributed by atoms with van der Waals surface area (Å²) in [5, 5.41) is 0. The lowest BCUT2D eigenvalue weighted by atomic mass is 9.95. The fourth-order valence-electron chi connectivity index (χ4n) is 2.32. The fraction of sp³-hybridized carbons (Fsp3) is 0.467. The van der Waals surface area contributed by atoms with Crippen LogP contribution in [0.5, 0.6) is 5.75 Å². The maximum Gasteiger partial charge on any atom is 0.143 e. The monoisotopic (exact) mass is 278 g/mol. The third-order valence-electron chi connectivity index (χ3n) is 3.25. The molecule has 1 aliphatic heterocycles. The van der Waals surface area contributed by atoms with E-state index in [4.69, 9.17) is 10.5 Å². The molecule has 0 atom stereocenters. The topological polar surface area (TPSA) is 38.5 Å². The molecule has 0 saturated carbocycles. The molecule has 0 amide bonds. The number of hydrogen-bond donors (Lipinski definition) is 2. The van der Waals surface area contributed by atoms with Gasteiger partial charge in [0.25, 0.3) is 0 Å². The Labute approximate surface area is 121 Å². The Kier molecular flexibility index (Phi) is 4.42. The van der Waals surface area contributed by atoms with Crippen molar-refractivity contribution in [3.8, 4) is 5.75 Å². The van der Waals surface area contributed by atoms with E-state index in [1.807, 2.05) is 24.2 Å². The van der Waals surface area contributed by atoms with Crippen LogP contribution in [0, 0.1) is 6.92 Å². The Morgan fingerprint density at radius 2 is 2.11 bits per heavy atom. The van der Waals surface area contributed by atoms with Crippen LogP contribution in [0.15, 0.2) is 18.2 Å². The number of thiol groups is 1. The average Bonchev–Trinajstić information content (AvgIpc) is 2.33. The number of nitrogen functional groups attached to an aromatic ring is 1. The molecular weight excluding hydrogens is 256 g/mol. The molecule has 0 unspecified atom stereocenters. The lowest BCUT2D eigenvalue weighted by molar-refractivity contribution is 0.244. The van der Waals surface area contributed by atoms with Gasteiger partial charge in [-0.25, -0.2) is 4.31 Å². The predicted octanol–water partition coefficient (Wildman–Crippen LogP) is 3.30. The minimum atomic E-state index is 0.131. The Hall–Kier alpha value is -1.13. The van der Waals surface area contributed by atoms with E-state index in [9.17, 15) is 0 Å². The molecule has 104 valence electrons. The van der Waals surface area contributed by atoms with E-state index < -0.39 is 0 Å². The second kappa shape index (κ2) is 5.88. The SMILES string of the molecule is Cc1cc(N)c(OC(C)C)cc1C1=CCN(S)CC1. The molecule has 3 nitrogen and oxygen atoms in total. The average molecular weight is 278 g/mol. The fourth-order valence-corrected chi connectivity index (χ4v) is 2.50. The molecule has 2 rings (SSSR count). The van der Waals surface area contributed by atoms with E-state index in [0.29, 0.717) is 5.69 Å². The second-order valence-corrected chi connectivity index (χ2v) is 5.83. The number of rotatable bonds is 3. The second-order valence-electron chi connectivity index (χ2n) is 5.26.